The minimum atomic E-state index is -0.0333. The maximum atomic E-state index is 11.8. The first-order chi connectivity index (χ1) is 10.2. The third kappa shape index (κ3) is 4.53. The molecule has 2 aromatic rings. The summed E-state index contributed by atoms with van der Waals surface area (Å²) in [6, 6.07) is 15.5. The van der Waals surface area contributed by atoms with Crippen LogP contribution in [0.4, 0.5) is 5.69 Å². The fraction of sp³-hybridized carbons (Fsp3) is 0.235. The molecule has 110 valence electrons. The standard InChI is InChI=1S/C17H20N2O2/c1-13-5-3-4-6-16(13)18-12-17(20)19-11-14-7-9-15(21-2)10-8-14/h3-10,18H,11-12H2,1-2H3,(H,19,20). The number of benzene rings is 2. The Bertz CT molecular complexity index is 594. The van der Waals surface area contributed by atoms with Crippen LogP contribution in [0.25, 0.3) is 0 Å². The number of methoxy groups -OCH3 is 1. The van der Waals surface area contributed by atoms with E-state index in [1.807, 2.05) is 55.5 Å². The van der Waals surface area contributed by atoms with Crippen LogP contribution in [-0.2, 0) is 11.3 Å². The Morgan fingerprint density at radius 3 is 2.48 bits per heavy atom. The highest BCUT2D eigenvalue weighted by Crippen LogP contribution is 2.12. The molecule has 4 heteroatoms. The number of aryl methyl sites for hydroxylation is 1. The third-order valence-corrected chi connectivity index (χ3v) is 3.23. The number of carbonyl (C=O) groups excluding carboxylic acids is 1. The van der Waals surface area contributed by atoms with Gasteiger partial charge in [0, 0.05) is 12.2 Å². The fourth-order valence-electron chi connectivity index (χ4n) is 1.95. The van der Waals surface area contributed by atoms with E-state index in [1.165, 1.54) is 0 Å². The van der Waals surface area contributed by atoms with E-state index in [0.717, 1.165) is 22.6 Å². The number of amides is 1. The van der Waals surface area contributed by atoms with Crippen LogP contribution in [0.15, 0.2) is 48.5 Å². The molecule has 0 aliphatic rings. The summed E-state index contributed by atoms with van der Waals surface area (Å²) in [5, 5.41) is 6.02. The molecular formula is C17H20N2O2. The first-order valence-electron chi connectivity index (χ1n) is 6.88. The normalized spacial score (nSPS) is 10.0. The summed E-state index contributed by atoms with van der Waals surface area (Å²) < 4.78 is 5.10. The predicted molar refractivity (Wildman–Crippen MR) is 84.5 cm³/mol. The molecule has 0 fully saturated rings. The van der Waals surface area contributed by atoms with E-state index in [-0.39, 0.29) is 12.5 Å². The van der Waals surface area contributed by atoms with Gasteiger partial charge in [0.2, 0.25) is 5.91 Å². The Morgan fingerprint density at radius 2 is 1.81 bits per heavy atom. The minimum Gasteiger partial charge on any atom is -0.497 e. The number of nitrogens with one attached hydrogen (secondary N) is 2. The Hall–Kier alpha value is -2.49. The zero-order valence-corrected chi connectivity index (χ0v) is 12.3. The largest absolute Gasteiger partial charge is 0.497 e. The highest BCUT2D eigenvalue weighted by molar-refractivity contribution is 5.80. The SMILES string of the molecule is COc1ccc(CNC(=O)CNc2ccccc2C)cc1. The summed E-state index contributed by atoms with van der Waals surface area (Å²) in [6.45, 7) is 2.79. The Balaban J connectivity index is 1.78. The molecule has 0 atom stereocenters. The van der Waals surface area contributed by atoms with Crippen molar-refractivity contribution in [2.45, 2.75) is 13.5 Å². The first-order valence-corrected chi connectivity index (χ1v) is 6.88. The van der Waals surface area contributed by atoms with Crippen LogP contribution in [0.3, 0.4) is 0 Å². The third-order valence-electron chi connectivity index (χ3n) is 3.23. The number of hydrogen-bond acceptors (Lipinski definition) is 3. The highest BCUT2D eigenvalue weighted by Gasteiger charge is 2.03. The smallest absolute Gasteiger partial charge is 0.239 e. The van der Waals surface area contributed by atoms with Crippen LogP contribution in [0.5, 0.6) is 5.75 Å². The molecule has 2 aromatic carbocycles. The number of para-hydroxylation sites is 1. The fourth-order valence-corrected chi connectivity index (χ4v) is 1.95. The van der Waals surface area contributed by atoms with Crippen molar-refractivity contribution < 1.29 is 9.53 Å². The van der Waals surface area contributed by atoms with Gasteiger partial charge < -0.3 is 15.4 Å². The molecule has 0 aliphatic carbocycles. The van der Waals surface area contributed by atoms with Gasteiger partial charge in [-0.05, 0) is 36.2 Å². The van der Waals surface area contributed by atoms with E-state index in [0.29, 0.717) is 6.54 Å². The molecule has 0 unspecified atom stereocenters. The van der Waals surface area contributed by atoms with Gasteiger partial charge in [-0.25, -0.2) is 0 Å². The van der Waals surface area contributed by atoms with Crippen molar-refractivity contribution in [1.29, 1.82) is 0 Å². The molecule has 1 amide bonds. The average molecular weight is 284 g/mol. The number of ether oxygens (including phenoxy) is 1. The maximum Gasteiger partial charge on any atom is 0.239 e. The van der Waals surface area contributed by atoms with Crippen LogP contribution < -0.4 is 15.4 Å². The van der Waals surface area contributed by atoms with Crippen molar-refractivity contribution in [2.75, 3.05) is 19.0 Å². The summed E-state index contributed by atoms with van der Waals surface area (Å²) in [5.41, 5.74) is 3.15. The lowest BCUT2D eigenvalue weighted by molar-refractivity contribution is -0.119. The van der Waals surface area contributed by atoms with Gasteiger partial charge in [-0.1, -0.05) is 30.3 Å². The van der Waals surface area contributed by atoms with E-state index >= 15 is 0 Å². The molecule has 21 heavy (non-hydrogen) atoms. The van der Waals surface area contributed by atoms with Crippen LogP contribution in [0.2, 0.25) is 0 Å². The molecule has 0 saturated heterocycles. The molecule has 0 saturated carbocycles. The lowest BCUT2D eigenvalue weighted by Gasteiger charge is -2.10. The Morgan fingerprint density at radius 1 is 1.10 bits per heavy atom. The van der Waals surface area contributed by atoms with Crippen LogP contribution >= 0.6 is 0 Å². The maximum absolute atomic E-state index is 11.8. The molecule has 0 aromatic heterocycles. The molecule has 0 heterocycles. The average Bonchev–Trinajstić information content (AvgIpc) is 2.52. The first kappa shape index (κ1) is 14.9. The summed E-state index contributed by atoms with van der Waals surface area (Å²) in [6.07, 6.45) is 0. The molecule has 2 N–H and O–H groups in total. The van der Waals surface area contributed by atoms with Crippen molar-refractivity contribution in [3.05, 3.63) is 59.7 Å². The van der Waals surface area contributed by atoms with Crippen LogP contribution in [0.1, 0.15) is 11.1 Å². The van der Waals surface area contributed by atoms with Gasteiger partial charge in [0.05, 0.1) is 13.7 Å². The van der Waals surface area contributed by atoms with E-state index in [9.17, 15) is 4.79 Å². The Kier molecular flexibility index (Phi) is 5.21. The van der Waals surface area contributed by atoms with E-state index in [1.54, 1.807) is 7.11 Å². The minimum absolute atomic E-state index is 0.0333. The van der Waals surface area contributed by atoms with E-state index in [4.69, 9.17) is 4.74 Å². The summed E-state index contributed by atoms with van der Waals surface area (Å²) >= 11 is 0. The molecule has 4 nitrogen and oxygen atoms in total. The Labute approximate surface area is 125 Å². The topological polar surface area (TPSA) is 50.4 Å². The predicted octanol–water partition coefficient (Wildman–Crippen LogP) is 2.73. The van der Waals surface area contributed by atoms with Crippen LogP contribution in [0, 0.1) is 6.92 Å². The molecule has 0 aliphatic heterocycles. The number of hydrogen-bond donors (Lipinski definition) is 2. The van der Waals surface area contributed by atoms with Crippen molar-refractivity contribution >= 4 is 11.6 Å². The molecule has 0 spiro atoms. The number of rotatable bonds is 6. The second-order valence-corrected chi connectivity index (χ2v) is 4.79. The lowest BCUT2D eigenvalue weighted by Crippen LogP contribution is -2.29. The summed E-state index contributed by atoms with van der Waals surface area (Å²) in [4.78, 5) is 11.8. The van der Waals surface area contributed by atoms with Gasteiger partial charge in [0.15, 0.2) is 0 Å². The van der Waals surface area contributed by atoms with Crippen molar-refractivity contribution in [3.63, 3.8) is 0 Å². The van der Waals surface area contributed by atoms with Gasteiger partial charge in [-0.15, -0.1) is 0 Å². The molecular weight excluding hydrogens is 264 g/mol. The van der Waals surface area contributed by atoms with Gasteiger partial charge in [0.1, 0.15) is 5.75 Å². The summed E-state index contributed by atoms with van der Waals surface area (Å²) in [5.74, 6) is 0.778. The number of anilines is 1. The van der Waals surface area contributed by atoms with E-state index in [2.05, 4.69) is 10.6 Å². The van der Waals surface area contributed by atoms with Crippen molar-refractivity contribution in [2.24, 2.45) is 0 Å². The zero-order chi connectivity index (χ0) is 15.1. The quantitative estimate of drug-likeness (QED) is 0.857. The molecule has 2 rings (SSSR count). The molecule has 0 radical (unpaired) electrons. The van der Waals surface area contributed by atoms with Crippen LogP contribution in [-0.4, -0.2) is 19.6 Å². The monoisotopic (exact) mass is 284 g/mol. The van der Waals surface area contributed by atoms with Crippen molar-refractivity contribution in [1.82, 2.24) is 5.32 Å². The van der Waals surface area contributed by atoms with Gasteiger partial charge in [-0.2, -0.15) is 0 Å². The van der Waals surface area contributed by atoms with Gasteiger partial charge >= 0.3 is 0 Å². The second kappa shape index (κ2) is 7.33. The van der Waals surface area contributed by atoms with Gasteiger partial charge in [-0.3, -0.25) is 4.79 Å². The number of carbonyl (C=O) groups is 1. The highest BCUT2D eigenvalue weighted by atomic mass is 16.5. The van der Waals surface area contributed by atoms with Gasteiger partial charge in [0.25, 0.3) is 0 Å². The molecule has 0 bridgehead atoms. The zero-order valence-electron chi connectivity index (χ0n) is 12.3. The van der Waals surface area contributed by atoms with Crippen molar-refractivity contribution in [3.8, 4) is 5.75 Å². The van der Waals surface area contributed by atoms with E-state index < -0.39 is 0 Å². The lowest BCUT2D eigenvalue weighted by atomic mass is 10.2. The second-order valence-electron chi connectivity index (χ2n) is 4.79. The summed E-state index contributed by atoms with van der Waals surface area (Å²) in [7, 11) is 1.63.